The first-order valence-corrected chi connectivity index (χ1v) is 4.99. The molecule has 0 amide bonds. The summed E-state index contributed by atoms with van der Waals surface area (Å²) < 4.78 is 49.4. The number of rotatable bonds is 2. The van der Waals surface area contributed by atoms with Crippen LogP contribution in [0.15, 0.2) is 18.2 Å². The van der Waals surface area contributed by atoms with Crippen molar-refractivity contribution in [2.45, 2.75) is 12.6 Å². The lowest BCUT2D eigenvalue weighted by atomic mass is 10.1. The fraction of sp³-hybridized carbons (Fsp3) is 0.333. The van der Waals surface area contributed by atoms with Crippen LogP contribution in [0.25, 0.3) is 0 Å². The summed E-state index contributed by atoms with van der Waals surface area (Å²) in [5.41, 5.74) is -0.664. The zero-order chi connectivity index (χ0) is 10.8. The monoisotopic (exact) mass is 270 g/mol. The normalized spacial score (nSPS) is 11.8. The van der Waals surface area contributed by atoms with Gasteiger partial charge in [-0.1, -0.05) is 22.0 Å². The largest absolute Gasteiger partial charge is 0.416 e. The minimum absolute atomic E-state index is 0.287. The average Bonchev–Trinajstić information content (AvgIpc) is 2.07. The Morgan fingerprint density at radius 2 is 1.86 bits per heavy atom. The van der Waals surface area contributed by atoms with Gasteiger partial charge in [0, 0.05) is 5.33 Å². The fourth-order valence-corrected chi connectivity index (χ4v) is 1.46. The average molecular weight is 271 g/mol. The second-order valence-electron chi connectivity index (χ2n) is 2.74. The lowest BCUT2D eigenvalue weighted by Gasteiger charge is -2.08. The SMILES string of the molecule is Fc1cc(C(F)(F)F)ccc1CCBr. The van der Waals surface area contributed by atoms with Crippen molar-refractivity contribution in [3.8, 4) is 0 Å². The van der Waals surface area contributed by atoms with Crippen LogP contribution in [-0.4, -0.2) is 5.33 Å². The zero-order valence-electron chi connectivity index (χ0n) is 7.04. The second-order valence-corrected chi connectivity index (χ2v) is 3.54. The lowest BCUT2D eigenvalue weighted by molar-refractivity contribution is -0.137. The maximum atomic E-state index is 13.0. The van der Waals surface area contributed by atoms with Gasteiger partial charge in [-0.25, -0.2) is 4.39 Å². The van der Waals surface area contributed by atoms with Gasteiger partial charge in [0.05, 0.1) is 5.56 Å². The molecule has 0 nitrogen and oxygen atoms in total. The maximum absolute atomic E-state index is 13.0. The molecule has 0 aliphatic carbocycles. The summed E-state index contributed by atoms with van der Waals surface area (Å²) >= 11 is 3.09. The number of alkyl halides is 4. The Bertz CT molecular complexity index is 319. The topological polar surface area (TPSA) is 0 Å². The molecule has 14 heavy (non-hydrogen) atoms. The van der Waals surface area contributed by atoms with Crippen molar-refractivity contribution < 1.29 is 17.6 Å². The highest BCUT2D eigenvalue weighted by Crippen LogP contribution is 2.30. The minimum Gasteiger partial charge on any atom is -0.207 e. The van der Waals surface area contributed by atoms with Crippen molar-refractivity contribution in [1.82, 2.24) is 0 Å². The van der Waals surface area contributed by atoms with Gasteiger partial charge < -0.3 is 0 Å². The third-order valence-electron chi connectivity index (χ3n) is 1.74. The van der Waals surface area contributed by atoms with Crippen molar-refractivity contribution in [2.24, 2.45) is 0 Å². The Morgan fingerprint density at radius 1 is 1.21 bits per heavy atom. The molecule has 0 saturated carbocycles. The van der Waals surface area contributed by atoms with Crippen LogP contribution in [0.2, 0.25) is 0 Å². The molecule has 1 rings (SSSR count). The van der Waals surface area contributed by atoms with E-state index in [0.29, 0.717) is 17.8 Å². The van der Waals surface area contributed by atoms with E-state index >= 15 is 0 Å². The molecular formula is C9H7BrF4. The van der Waals surface area contributed by atoms with Gasteiger partial charge in [0.15, 0.2) is 0 Å². The Morgan fingerprint density at radius 3 is 2.29 bits per heavy atom. The highest BCUT2D eigenvalue weighted by atomic mass is 79.9. The summed E-state index contributed by atoms with van der Waals surface area (Å²) in [6.07, 6.45) is -4.10. The molecule has 0 bridgehead atoms. The van der Waals surface area contributed by atoms with E-state index in [1.807, 2.05) is 0 Å². The van der Waals surface area contributed by atoms with E-state index in [1.165, 1.54) is 6.07 Å². The van der Waals surface area contributed by atoms with E-state index < -0.39 is 17.6 Å². The molecule has 0 aliphatic rings. The van der Waals surface area contributed by atoms with Crippen LogP contribution in [0.4, 0.5) is 17.6 Å². The molecular weight excluding hydrogens is 264 g/mol. The summed E-state index contributed by atoms with van der Waals surface area (Å²) in [6, 6.07) is 2.58. The van der Waals surface area contributed by atoms with Crippen LogP contribution < -0.4 is 0 Å². The van der Waals surface area contributed by atoms with Crippen molar-refractivity contribution in [3.63, 3.8) is 0 Å². The first-order chi connectivity index (χ1) is 6.45. The van der Waals surface area contributed by atoms with E-state index in [-0.39, 0.29) is 5.56 Å². The van der Waals surface area contributed by atoms with Crippen molar-refractivity contribution in [1.29, 1.82) is 0 Å². The molecule has 1 aromatic carbocycles. The molecule has 0 unspecified atom stereocenters. The van der Waals surface area contributed by atoms with E-state index in [4.69, 9.17) is 0 Å². The van der Waals surface area contributed by atoms with E-state index in [1.54, 1.807) is 0 Å². The summed E-state index contributed by atoms with van der Waals surface area (Å²) in [7, 11) is 0. The zero-order valence-corrected chi connectivity index (χ0v) is 8.62. The summed E-state index contributed by atoms with van der Waals surface area (Å²) in [6.45, 7) is 0. The molecule has 0 saturated heterocycles. The van der Waals surface area contributed by atoms with Crippen molar-refractivity contribution in [2.75, 3.05) is 5.33 Å². The van der Waals surface area contributed by atoms with Gasteiger partial charge in [-0.3, -0.25) is 0 Å². The van der Waals surface area contributed by atoms with Gasteiger partial charge in [0.25, 0.3) is 0 Å². The van der Waals surface area contributed by atoms with E-state index in [2.05, 4.69) is 15.9 Å². The molecule has 0 aromatic heterocycles. The maximum Gasteiger partial charge on any atom is 0.416 e. The number of aryl methyl sites for hydroxylation is 1. The van der Waals surface area contributed by atoms with Gasteiger partial charge in [-0.05, 0) is 24.1 Å². The highest BCUT2D eigenvalue weighted by molar-refractivity contribution is 9.09. The quantitative estimate of drug-likeness (QED) is 0.567. The third kappa shape index (κ3) is 2.70. The van der Waals surface area contributed by atoms with Crippen LogP contribution in [0, 0.1) is 5.82 Å². The number of halogens is 5. The van der Waals surface area contributed by atoms with Gasteiger partial charge >= 0.3 is 6.18 Å². The third-order valence-corrected chi connectivity index (χ3v) is 2.14. The van der Waals surface area contributed by atoms with Gasteiger partial charge in [-0.2, -0.15) is 13.2 Å². The highest BCUT2D eigenvalue weighted by Gasteiger charge is 2.30. The molecule has 5 heteroatoms. The first-order valence-electron chi connectivity index (χ1n) is 3.86. The van der Waals surface area contributed by atoms with Gasteiger partial charge in [0.2, 0.25) is 0 Å². The lowest BCUT2D eigenvalue weighted by Crippen LogP contribution is -2.06. The Hall–Kier alpha value is -0.580. The van der Waals surface area contributed by atoms with E-state index in [9.17, 15) is 17.6 Å². The molecule has 0 fully saturated rings. The molecule has 0 heterocycles. The molecule has 0 aliphatic heterocycles. The summed E-state index contributed by atoms with van der Waals surface area (Å²) in [5.74, 6) is -0.806. The second kappa shape index (κ2) is 4.29. The predicted molar refractivity (Wildman–Crippen MR) is 48.9 cm³/mol. The molecule has 1 aromatic rings. The Kier molecular flexibility index (Phi) is 3.53. The van der Waals surface area contributed by atoms with Gasteiger partial charge in [-0.15, -0.1) is 0 Å². The Balaban J connectivity index is 3.01. The fourth-order valence-electron chi connectivity index (χ4n) is 1.03. The number of benzene rings is 1. The Labute approximate surface area is 87.1 Å². The first kappa shape index (κ1) is 11.5. The molecule has 0 N–H and O–H groups in total. The number of hydrogen-bond acceptors (Lipinski definition) is 0. The van der Waals surface area contributed by atoms with Crippen LogP contribution in [-0.2, 0) is 12.6 Å². The molecule has 0 radical (unpaired) electrons. The summed E-state index contributed by atoms with van der Waals surface area (Å²) in [5, 5.41) is 0.523. The van der Waals surface area contributed by atoms with E-state index in [0.717, 1.165) is 6.07 Å². The smallest absolute Gasteiger partial charge is 0.207 e. The van der Waals surface area contributed by atoms with Gasteiger partial charge in [0.1, 0.15) is 5.82 Å². The summed E-state index contributed by atoms with van der Waals surface area (Å²) in [4.78, 5) is 0. The molecule has 78 valence electrons. The minimum atomic E-state index is -4.48. The van der Waals surface area contributed by atoms with Crippen molar-refractivity contribution >= 4 is 15.9 Å². The van der Waals surface area contributed by atoms with Crippen molar-refractivity contribution in [3.05, 3.63) is 35.1 Å². The van der Waals surface area contributed by atoms with Crippen LogP contribution in [0.3, 0.4) is 0 Å². The standard InChI is InChI=1S/C9H7BrF4/c10-4-3-6-1-2-7(5-8(6)11)9(12,13)14/h1-2,5H,3-4H2. The molecule has 0 atom stereocenters. The number of hydrogen-bond donors (Lipinski definition) is 0. The predicted octanol–water partition coefficient (Wildman–Crippen LogP) is 3.78. The van der Waals surface area contributed by atoms with Crippen LogP contribution in [0.1, 0.15) is 11.1 Å². The van der Waals surface area contributed by atoms with Crippen LogP contribution in [0.5, 0.6) is 0 Å². The van der Waals surface area contributed by atoms with Crippen LogP contribution >= 0.6 is 15.9 Å². The molecule has 0 spiro atoms.